The van der Waals surface area contributed by atoms with Crippen molar-refractivity contribution in [2.45, 2.75) is 18.0 Å². The Labute approximate surface area is 131 Å². The molecule has 8 heteroatoms. The highest BCUT2D eigenvalue weighted by molar-refractivity contribution is 5.94. The van der Waals surface area contributed by atoms with Gasteiger partial charge in [0.25, 0.3) is 5.60 Å². The van der Waals surface area contributed by atoms with E-state index in [1.165, 1.54) is 18.2 Å². The smallest absolute Gasteiger partial charge is 0.369 e. The molecule has 0 bridgehead atoms. The summed E-state index contributed by atoms with van der Waals surface area (Å²) >= 11 is 0. The van der Waals surface area contributed by atoms with Crippen LogP contribution in [0.15, 0.2) is 48.5 Å². The molecule has 0 amide bonds. The third kappa shape index (κ3) is 2.29. The first-order chi connectivity index (χ1) is 11.1. The van der Waals surface area contributed by atoms with Crippen LogP contribution in [0.25, 0.3) is 21.8 Å². The number of hydrogen-bond acceptors (Lipinski definition) is 2. The zero-order valence-corrected chi connectivity index (χ0v) is 11.8. The number of rotatable bonds is 1. The fourth-order valence-corrected chi connectivity index (χ4v) is 2.56. The van der Waals surface area contributed by atoms with E-state index < -0.39 is 29.0 Å². The minimum Gasteiger partial charge on any atom is -0.369 e. The van der Waals surface area contributed by atoms with Gasteiger partial charge in [0.15, 0.2) is 0 Å². The summed E-state index contributed by atoms with van der Waals surface area (Å²) < 4.78 is 78.8. The second-order valence-corrected chi connectivity index (χ2v) is 5.26. The molecule has 0 aliphatic rings. The van der Waals surface area contributed by atoms with Gasteiger partial charge in [0, 0.05) is 16.3 Å². The van der Waals surface area contributed by atoms with Crippen molar-refractivity contribution >= 4 is 21.8 Å². The molecular weight excluding hydrogens is 336 g/mol. The normalized spacial score (nSPS) is 13.6. The molecule has 0 aliphatic carbocycles. The second-order valence-electron chi connectivity index (χ2n) is 5.26. The summed E-state index contributed by atoms with van der Waals surface area (Å²) in [4.78, 5) is 3.91. The fourth-order valence-electron chi connectivity index (χ4n) is 2.56. The van der Waals surface area contributed by atoms with Crippen molar-refractivity contribution < 1.29 is 31.4 Å². The van der Waals surface area contributed by atoms with Crippen molar-refractivity contribution in [1.82, 2.24) is 4.98 Å². The van der Waals surface area contributed by atoms with E-state index in [-0.39, 0.29) is 10.9 Å². The number of aromatic nitrogens is 1. The Morgan fingerprint density at radius 3 is 1.96 bits per heavy atom. The highest BCUT2D eigenvalue weighted by Gasteiger charge is 2.72. The fraction of sp³-hybridized carbons (Fsp3) is 0.188. The lowest BCUT2D eigenvalue weighted by Crippen LogP contribution is -2.54. The number of hydrogen-bond donors (Lipinski definition) is 1. The molecule has 2 nitrogen and oxygen atoms in total. The standard InChI is InChI=1S/C16H9F6NO/c17-15(18,19)14(24,16(20,21)22)11-6-3-5-10-8-9-4-1-2-7-12(9)23-13(10)11/h1-8,24H. The van der Waals surface area contributed by atoms with Crippen molar-refractivity contribution in [1.29, 1.82) is 0 Å². The van der Waals surface area contributed by atoms with Crippen LogP contribution in [0.4, 0.5) is 26.3 Å². The van der Waals surface area contributed by atoms with Crippen molar-refractivity contribution in [3.8, 4) is 0 Å². The summed E-state index contributed by atoms with van der Waals surface area (Å²) in [7, 11) is 0. The van der Waals surface area contributed by atoms with Crippen LogP contribution >= 0.6 is 0 Å². The number of pyridine rings is 1. The lowest BCUT2D eigenvalue weighted by molar-refractivity contribution is -0.375. The van der Waals surface area contributed by atoms with Crippen LogP contribution in [0.5, 0.6) is 0 Å². The Bertz CT molecular complexity index is 902. The Hall–Kier alpha value is -2.35. The minimum atomic E-state index is -5.95. The van der Waals surface area contributed by atoms with E-state index in [4.69, 9.17) is 0 Å². The van der Waals surface area contributed by atoms with Gasteiger partial charge >= 0.3 is 12.4 Å². The monoisotopic (exact) mass is 345 g/mol. The number of aliphatic hydroxyl groups is 1. The molecule has 0 saturated heterocycles. The molecule has 0 unspecified atom stereocenters. The quantitative estimate of drug-likeness (QED) is 0.512. The predicted molar refractivity (Wildman–Crippen MR) is 75.3 cm³/mol. The molecule has 2 aromatic carbocycles. The Balaban J connectivity index is 2.42. The van der Waals surface area contributed by atoms with Gasteiger partial charge < -0.3 is 5.11 Å². The van der Waals surface area contributed by atoms with Gasteiger partial charge in [-0.25, -0.2) is 4.98 Å². The zero-order valence-electron chi connectivity index (χ0n) is 11.8. The number of halogens is 6. The lowest BCUT2D eigenvalue weighted by Gasteiger charge is -2.33. The van der Waals surface area contributed by atoms with E-state index in [0.29, 0.717) is 11.5 Å². The van der Waals surface area contributed by atoms with Gasteiger partial charge in [-0.15, -0.1) is 0 Å². The maximum atomic E-state index is 13.1. The maximum absolute atomic E-state index is 13.1. The van der Waals surface area contributed by atoms with Gasteiger partial charge in [0.1, 0.15) is 0 Å². The molecule has 0 atom stereocenters. The van der Waals surface area contributed by atoms with E-state index in [0.717, 1.165) is 6.07 Å². The van der Waals surface area contributed by atoms with Gasteiger partial charge in [-0.1, -0.05) is 36.4 Å². The average Bonchev–Trinajstić information content (AvgIpc) is 2.49. The largest absolute Gasteiger partial charge is 0.430 e. The van der Waals surface area contributed by atoms with E-state index >= 15 is 0 Å². The number of benzene rings is 2. The van der Waals surface area contributed by atoms with Gasteiger partial charge in [0.05, 0.1) is 11.0 Å². The third-order valence-electron chi connectivity index (χ3n) is 3.76. The van der Waals surface area contributed by atoms with Crippen LogP contribution in [-0.2, 0) is 5.60 Å². The summed E-state index contributed by atoms with van der Waals surface area (Å²) in [5.74, 6) is 0. The maximum Gasteiger partial charge on any atom is 0.430 e. The number of fused-ring (bicyclic) bond motifs is 2. The first-order valence-electron chi connectivity index (χ1n) is 6.70. The van der Waals surface area contributed by atoms with Crippen molar-refractivity contribution in [2.75, 3.05) is 0 Å². The molecule has 0 radical (unpaired) electrons. The molecule has 3 aromatic rings. The van der Waals surface area contributed by atoms with Gasteiger partial charge in [0.2, 0.25) is 0 Å². The van der Waals surface area contributed by atoms with Crippen LogP contribution in [0.3, 0.4) is 0 Å². The number of nitrogens with zero attached hydrogens (tertiary/aromatic N) is 1. The predicted octanol–water partition coefficient (Wildman–Crippen LogP) is 4.70. The van der Waals surface area contributed by atoms with Crippen molar-refractivity contribution in [2.24, 2.45) is 0 Å². The first kappa shape index (κ1) is 16.5. The molecule has 1 N–H and O–H groups in total. The molecule has 126 valence electrons. The molecule has 0 saturated carbocycles. The van der Waals surface area contributed by atoms with E-state index in [1.54, 1.807) is 18.2 Å². The Morgan fingerprint density at radius 1 is 0.750 bits per heavy atom. The third-order valence-corrected chi connectivity index (χ3v) is 3.76. The Morgan fingerprint density at radius 2 is 1.33 bits per heavy atom. The average molecular weight is 345 g/mol. The SMILES string of the molecule is OC(c1cccc2cc3ccccc3nc12)(C(F)(F)F)C(F)(F)F. The van der Waals surface area contributed by atoms with Crippen LogP contribution in [0.1, 0.15) is 5.56 Å². The van der Waals surface area contributed by atoms with Gasteiger partial charge in [-0.05, 0) is 12.1 Å². The van der Waals surface area contributed by atoms with Gasteiger partial charge in [-0.3, -0.25) is 0 Å². The summed E-state index contributed by atoms with van der Waals surface area (Å²) in [6, 6.07) is 10.7. The summed E-state index contributed by atoms with van der Waals surface area (Å²) in [6.07, 6.45) is -11.9. The molecule has 1 aromatic heterocycles. The zero-order chi connectivity index (χ0) is 17.8. The molecule has 0 fully saturated rings. The van der Waals surface area contributed by atoms with Crippen LogP contribution in [0, 0.1) is 0 Å². The number of para-hydroxylation sites is 2. The highest BCUT2D eigenvalue weighted by atomic mass is 19.4. The van der Waals surface area contributed by atoms with Crippen LogP contribution in [-0.4, -0.2) is 22.4 Å². The minimum absolute atomic E-state index is 0.0677. The molecular formula is C16H9F6NO. The topological polar surface area (TPSA) is 33.1 Å². The van der Waals surface area contributed by atoms with Crippen molar-refractivity contribution in [3.63, 3.8) is 0 Å². The molecule has 0 aliphatic heterocycles. The number of alkyl halides is 6. The lowest BCUT2D eigenvalue weighted by atomic mass is 9.90. The van der Waals surface area contributed by atoms with E-state index in [9.17, 15) is 31.4 Å². The summed E-state index contributed by atoms with van der Waals surface area (Å²) in [6.45, 7) is 0. The summed E-state index contributed by atoms with van der Waals surface area (Å²) in [5, 5.41) is 10.3. The summed E-state index contributed by atoms with van der Waals surface area (Å²) in [5.41, 5.74) is -6.67. The van der Waals surface area contributed by atoms with Crippen LogP contribution in [0.2, 0.25) is 0 Å². The second kappa shape index (κ2) is 5.07. The van der Waals surface area contributed by atoms with E-state index in [1.807, 2.05) is 0 Å². The molecule has 24 heavy (non-hydrogen) atoms. The highest BCUT2D eigenvalue weighted by Crippen LogP contribution is 2.51. The molecule has 0 spiro atoms. The Kier molecular flexibility index (Phi) is 3.49. The van der Waals surface area contributed by atoms with E-state index in [2.05, 4.69) is 4.98 Å². The molecule has 3 rings (SSSR count). The van der Waals surface area contributed by atoms with Crippen LogP contribution < -0.4 is 0 Å². The first-order valence-corrected chi connectivity index (χ1v) is 6.70. The van der Waals surface area contributed by atoms with Crippen molar-refractivity contribution in [3.05, 3.63) is 54.1 Å². The van der Waals surface area contributed by atoms with Gasteiger partial charge in [-0.2, -0.15) is 26.3 Å². The molecule has 1 heterocycles.